The van der Waals surface area contributed by atoms with Gasteiger partial charge in [0.2, 0.25) is 5.91 Å². The molecule has 0 spiro atoms. The number of amides is 3. The van der Waals surface area contributed by atoms with E-state index in [0.717, 1.165) is 11.1 Å². The smallest absolute Gasteiger partial charge is 0.323 e. The number of carbonyl (C=O) groups is 2. The molecule has 6 nitrogen and oxygen atoms in total. The molecule has 2 heterocycles. The second-order valence-corrected chi connectivity index (χ2v) is 6.18. The predicted molar refractivity (Wildman–Crippen MR) is 96.3 cm³/mol. The van der Waals surface area contributed by atoms with Gasteiger partial charge in [0.1, 0.15) is 5.82 Å². The van der Waals surface area contributed by atoms with Gasteiger partial charge in [-0.1, -0.05) is 36.4 Å². The second-order valence-electron chi connectivity index (χ2n) is 6.18. The summed E-state index contributed by atoms with van der Waals surface area (Å²) in [5.41, 5.74) is 2.06. The molecule has 1 aromatic heterocycles. The van der Waals surface area contributed by atoms with Crippen LogP contribution in [0.3, 0.4) is 0 Å². The van der Waals surface area contributed by atoms with Crippen LogP contribution in [0.1, 0.15) is 11.1 Å². The normalized spacial score (nSPS) is 14.3. The van der Waals surface area contributed by atoms with E-state index >= 15 is 0 Å². The van der Waals surface area contributed by atoms with Gasteiger partial charge in [-0.3, -0.25) is 10.1 Å². The molecule has 0 atom stereocenters. The van der Waals surface area contributed by atoms with Gasteiger partial charge in [0.15, 0.2) is 0 Å². The molecule has 25 heavy (non-hydrogen) atoms. The Kier molecular flexibility index (Phi) is 5.28. The lowest BCUT2D eigenvalue weighted by molar-refractivity contribution is -0.131. The topological polar surface area (TPSA) is 65.5 Å². The van der Waals surface area contributed by atoms with E-state index in [2.05, 4.69) is 10.3 Å². The molecule has 0 aliphatic carbocycles. The van der Waals surface area contributed by atoms with Crippen molar-refractivity contribution in [3.8, 4) is 0 Å². The number of nitrogens with zero attached hydrogens (tertiary/aromatic N) is 3. The zero-order valence-corrected chi connectivity index (χ0v) is 14.3. The Bertz CT molecular complexity index is 723. The lowest BCUT2D eigenvalue weighted by Gasteiger charge is -2.34. The van der Waals surface area contributed by atoms with E-state index in [-0.39, 0.29) is 11.9 Å². The van der Waals surface area contributed by atoms with Crippen LogP contribution in [0.4, 0.5) is 10.6 Å². The number of piperazine rings is 1. The minimum Gasteiger partial charge on any atom is -0.339 e. The number of pyridine rings is 1. The number of urea groups is 1. The highest BCUT2D eigenvalue weighted by atomic mass is 16.2. The van der Waals surface area contributed by atoms with E-state index in [1.165, 1.54) is 0 Å². The number of benzene rings is 1. The first-order chi connectivity index (χ1) is 12.1. The fraction of sp³-hybridized carbons (Fsp3) is 0.316. The van der Waals surface area contributed by atoms with Crippen LogP contribution < -0.4 is 5.32 Å². The van der Waals surface area contributed by atoms with Crippen molar-refractivity contribution in [2.75, 3.05) is 31.5 Å². The average molecular weight is 338 g/mol. The van der Waals surface area contributed by atoms with Crippen molar-refractivity contribution in [3.63, 3.8) is 0 Å². The van der Waals surface area contributed by atoms with Crippen LogP contribution in [-0.4, -0.2) is 52.9 Å². The Morgan fingerprint density at radius 2 is 1.68 bits per heavy atom. The summed E-state index contributed by atoms with van der Waals surface area (Å²) < 4.78 is 0. The molecule has 1 saturated heterocycles. The highest BCUT2D eigenvalue weighted by molar-refractivity contribution is 5.88. The number of rotatable bonds is 3. The number of anilines is 1. The average Bonchev–Trinajstić information content (AvgIpc) is 2.64. The van der Waals surface area contributed by atoms with E-state index in [9.17, 15) is 9.59 Å². The maximum Gasteiger partial charge on any atom is 0.323 e. The van der Waals surface area contributed by atoms with Crippen molar-refractivity contribution in [3.05, 3.63) is 59.8 Å². The quantitative estimate of drug-likeness (QED) is 0.934. The van der Waals surface area contributed by atoms with Crippen LogP contribution in [0.5, 0.6) is 0 Å². The molecule has 3 amide bonds. The highest BCUT2D eigenvalue weighted by Crippen LogP contribution is 2.10. The summed E-state index contributed by atoms with van der Waals surface area (Å²) in [6.45, 7) is 4.11. The molecule has 0 bridgehead atoms. The molecule has 0 unspecified atom stereocenters. The molecule has 1 N–H and O–H groups in total. The standard InChI is InChI=1S/C19H22N4O2/c1-15-7-8-17(20-14-15)21-19(25)23-11-9-22(10-12-23)18(24)13-16-5-3-2-4-6-16/h2-8,14H,9-13H2,1H3,(H,20,21,25). The summed E-state index contributed by atoms with van der Waals surface area (Å²) in [7, 11) is 0. The third-order valence-corrected chi connectivity index (χ3v) is 4.26. The fourth-order valence-corrected chi connectivity index (χ4v) is 2.77. The molecule has 0 radical (unpaired) electrons. The molecule has 1 aromatic carbocycles. The molecular formula is C19H22N4O2. The van der Waals surface area contributed by atoms with Crippen molar-refractivity contribution < 1.29 is 9.59 Å². The van der Waals surface area contributed by atoms with E-state index in [0.29, 0.717) is 38.4 Å². The SMILES string of the molecule is Cc1ccc(NC(=O)N2CCN(C(=O)Cc3ccccc3)CC2)nc1. The van der Waals surface area contributed by atoms with Crippen LogP contribution in [0, 0.1) is 6.92 Å². The Labute approximate surface area is 147 Å². The van der Waals surface area contributed by atoms with E-state index in [1.54, 1.807) is 17.2 Å². The van der Waals surface area contributed by atoms with Crippen LogP contribution in [0.25, 0.3) is 0 Å². The van der Waals surface area contributed by atoms with Gasteiger partial charge in [0.05, 0.1) is 6.42 Å². The van der Waals surface area contributed by atoms with Gasteiger partial charge in [0, 0.05) is 32.4 Å². The lowest BCUT2D eigenvalue weighted by Crippen LogP contribution is -2.52. The summed E-state index contributed by atoms with van der Waals surface area (Å²) in [4.78, 5) is 32.4. The van der Waals surface area contributed by atoms with E-state index in [1.807, 2.05) is 48.2 Å². The first-order valence-electron chi connectivity index (χ1n) is 8.42. The van der Waals surface area contributed by atoms with Gasteiger partial charge >= 0.3 is 6.03 Å². The minimum atomic E-state index is -0.175. The lowest BCUT2D eigenvalue weighted by atomic mass is 10.1. The largest absolute Gasteiger partial charge is 0.339 e. The number of nitrogens with one attached hydrogen (secondary N) is 1. The Hall–Kier alpha value is -2.89. The van der Waals surface area contributed by atoms with Gasteiger partial charge in [-0.15, -0.1) is 0 Å². The van der Waals surface area contributed by atoms with Crippen LogP contribution in [0.15, 0.2) is 48.7 Å². The third-order valence-electron chi connectivity index (χ3n) is 4.26. The number of carbonyl (C=O) groups excluding carboxylic acids is 2. The zero-order chi connectivity index (χ0) is 17.6. The van der Waals surface area contributed by atoms with E-state index in [4.69, 9.17) is 0 Å². The van der Waals surface area contributed by atoms with Crippen molar-refractivity contribution >= 4 is 17.8 Å². The van der Waals surface area contributed by atoms with Crippen LogP contribution >= 0.6 is 0 Å². The summed E-state index contributed by atoms with van der Waals surface area (Å²) >= 11 is 0. The predicted octanol–water partition coefficient (Wildman–Crippen LogP) is 2.31. The summed E-state index contributed by atoms with van der Waals surface area (Å²) in [5.74, 6) is 0.643. The first kappa shape index (κ1) is 17.0. The van der Waals surface area contributed by atoms with Crippen molar-refractivity contribution in [2.24, 2.45) is 0 Å². The zero-order valence-electron chi connectivity index (χ0n) is 14.3. The molecule has 0 saturated carbocycles. The van der Waals surface area contributed by atoms with Crippen molar-refractivity contribution in [1.29, 1.82) is 0 Å². The summed E-state index contributed by atoms with van der Waals surface area (Å²) in [6.07, 6.45) is 2.12. The Morgan fingerprint density at radius 3 is 2.32 bits per heavy atom. The van der Waals surface area contributed by atoms with Gasteiger partial charge < -0.3 is 9.80 Å². The van der Waals surface area contributed by atoms with Crippen LogP contribution in [-0.2, 0) is 11.2 Å². The van der Waals surface area contributed by atoms with Gasteiger partial charge in [-0.25, -0.2) is 9.78 Å². The summed E-state index contributed by atoms with van der Waals surface area (Å²) in [5, 5.41) is 2.80. The molecule has 1 aliphatic heterocycles. The molecular weight excluding hydrogens is 316 g/mol. The summed E-state index contributed by atoms with van der Waals surface area (Å²) in [6, 6.07) is 13.2. The number of hydrogen-bond donors (Lipinski definition) is 1. The van der Waals surface area contributed by atoms with Crippen LogP contribution in [0.2, 0.25) is 0 Å². The highest BCUT2D eigenvalue weighted by Gasteiger charge is 2.24. The molecule has 3 rings (SSSR count). The third kappa shape index (κ3) is 4.56. The molecule has 6 heteroatoms. The monoisotopic (exact) mass is 338 g/mol. The van der Waals surface area contributed by atoms with Gasteiger partial charge in [0.25, 0.3) is 0 Å². The molecule has 1 aliphatic rings. The van der Waals surface area contributed by atoms with E-state index < -0.39 is 0 Å². The molecule has 130 valence electrons. The fourth-order valence-electron chi connectivity index (χ4n) is 2.77. The number of hydrogen-bond acceptors (Lipinski definition) is 3. The van der Waals surface area contributed by atoms with Crippen molar-refractivity contribution in [1.82, 2.24) is 14.8 Å². The Balaban J connectivity index is 1.48. The number of aryl methyl sites for hydroxylation is 1. The van der Waals surface area contributed by atoms with Crippen molar-refractivity contribution in [2.45, 2.75) is 13.3 Å². The Morgan fingerprint density at radius 1 is 1.00 bits per heavy atom. The van der Waals surface area contributed by atoms with Gasteiger partial charge in [-0.2, -0.15) is 0 Å². The molecule has 2 aromatic rings. The maximum absolute atomic E-state index is 12.4. The first-order valence-corrected chi connectivity index (χ1v) is 8.42. The molecule has 1 fully saturated rings. The number of aromatic nitrogens is 1. The maximum atomic E-state index is 12.4. The van der Waals surface area contributed by atoms with Gasteiger partial charge in [-0.05, 0) is 24.1 Å². The second kappa shape index (κ2) is 7.79. The minimum absolute atomic E-state index is 0.103.